The van der Waals surface area contributed by atoms with Crippen LogP contribution in [-0.2, 0) is 0 Å². The molecule has 3 heterocycles. The number of benzene rings is 10. The normalized spacial score (nSPS) is 11.9. The molecule has 0 fully saturated rings. The number of nitrogens with zero attached hydrogens (tertiary/aromatic N) is 5. The summed E-state index contributed by atoms with van der Waals surface area (Å²) in [5.41, 5.74) is 9.61. The van der Waals surface area contributed by atoms with Crippen LogP contribution < -0.4 is 0 Å². The summed E-state index contributed by atoms with van der Waals surface area (Å²) in [6, 6.07) is 75.9. The van der Waals surface area contributed by atoms with Crippen LogP contribution in [0, 0.1) is 0 Å². The van der Waals surface area contributed by atoms with Crippen molar-refractivity contribution in [3.8, 4) is 45.5 Å². The van der Waals surface area contributed by atoms with E-state index in [0.717, 1.165) is 55.4 Å². The highest BCUT2D eigenvalue weighted by Crippen LogP contribution is 2.43. The summed E-state index contributed by atoms with van der Waals surface area (Å²) >= 11 is 0. The molecule has 5 heteroatoms. The van der Waals surface area contributed by atoms with Crippen molar-refractivity contribution < 1.29 is 0 Å². The zero-order valence-corrected chi connectivity index (χ0v) is 33.4. The molecule has 0 aliphatic rings. The predicted octanol–water partition coefficient (Wildman–Crippen LogP) is 14.5. The monoisotopic (exact) mass is 789 g/mol. The van der Waals surface area contributed by atoms with Gasteiger partial charge in [-0.15, -0.1) is 0 Å². The lowest BCUT2D eigenvalue weighted by molar-refractivity contribution is 1.07. The Morgan fingerprint density at radius 3 is 1.53 bits per heavy atom. The topological polar surface area (TPSA) is 48.5 Å². The van der Waals surface area contributed by atoms with E-state index in [1.54, 1.807) is 0 Å². The van der Waals surface area contributed by atoms with Crippen LogP contribution in [0.3, 0.4) is 0 Å². The van der Waals surface area contributed by atoms with E-state index in [1.807, 2.05) is 36.4 Å². The van der Waals surface area contributed by atoms with Gasteiger partial charge in [0.1, 0.15) is 0 Å². The van der Waals surface area contributed by atoms with Crippen molar-refractivity contribution in [2.45, 2.75) is 0 Å². The Kier molecular flexibility index (Phi) is 7.54. The molecule has 3 aromatic heterocycles. The molecule has 0 aliphatic heterocycles. The van der Waals surface area contributed by atoms with Gasteiger partial charge in [-0.25, -0.2) is 15.0 Å². The first kappa shape index (κ1) is 34.5. The maximum Gasteiger partial charge on any atom is 0.164 e. The van der Waals surface area contributed by atoms with Gasteiger partial charge in [-0.2, -0.15) is 0 Å². The van der Waals surface area contributed by atoms with Gasteiger partial charge in [-0.1, -0.05) is 164 Å². The first-order chi connectivity index (χ1) is 30.7. The van der Waals surface area contributed by atoms with Crippen LogP contribution >= 0.6 is 0 Å². The van der Waals surface area contributed by atoms with E-state index in [9.17, 15) is 0 Å². The first-order valence-electron chi connectivity index (χ1n) is 21.0. The molecule has 0 radical (unpaired) electrons. The fourth-order valence-corrected chi connectivity index (χ4v) is 9.64. The number of hydrogen-bond donors (Lipinski definition) is 0. The van der Waals surface area contributed by atoms with E-state index in [2.05, 4.69) is 185 Å². The van der Waals surface area contributed by atoms with E-state index in [-0.39, 0.29) is 0 Å². The van der Waals surface area contributed by atoms with Crippen LogP contribution in [0.25, 0.3) is 121 Å². The summed E-state index contributed by atoms with van der Waals surface area (Å²) in [6.45, 7) is 0. The minimum Gasteiger partial charge on any atom is -0.309 e. The molecule has 10 aromatic carbocycles. The molecule has 5 nitrogen and oxygen atoms in total. The van der Waals surface area contributed by atoms with E-state index in [0.29, 0.717) is 17.5 Å². The molecule has 0 aliphatic carbocycles. The molecule has 0 spiro atoms. The van der Waals surface area contributed by atoms with Crippen molar-refractivity contribution in [3.63, 3.8) is 0 Å². The van der Waals surface area contributed by atoms with Gasteiger partial charge in [0.05, 0.1) is 27.8 Å². The van der Waals surface area contributed by atoms with E-state index < -0.39 is 0 Å². The Morgan fingerprint density at radius 2 is 0.790 bits per heavy atom. The average molecular weight is 790 g/mol. The molecule has 0 atom stereocenters. The Bertz CT molecular complexity index is 3860. The van der Waals surface area contributed by atoms with Gasteiger partial charge in [-0.3, -0.25) is 0 Å². The second kappa shape index (κ2) is 13.6. The van der Waals surface area contributed by atoms with Crippen LogP contribution in [0.1, 0.15) is 0 Å². The average Bonchev–Trinajstić information content (AvgIpc) is 3.83. The third-order valence-corrected chi connectivity index (χ3v) is 12.5. The molecule has 0 saturated heterocycles. The van der Waals surface area contributed by atoms with E-state index in [1.165, 1.54) is 48.6 Å². The summed E-state index contributed by atoms with van der Waals surface area (Å²) in [5.74, 6) is 1.90. The predicted molar refractivity (Wildman–Crippen MR) is 257 cm³/mol. The Hall–Kier alpha value is -8.41. The van der Waals surface area contributed by atoms with Gasteiger partial charge < -0.3 is 9.13 Å². The summed E-state index contributed by atoms with van der Waals surface area (Å²) in [7, 11) is 0. The molecular formula is C57H35N5. The van der Waals surface area contributed by atoms with Crippen LogP contribution in [0.4, 0.5) is 0 Å². The summed E-state index contributed by atoms with van der Waals surface area (Å²) in [4.78, 5) is 15.5. The van der Waals surface area contributed by atoms with Crippen LogP contribution in [-0.4, -0.2) is 24.1 Å². The lowest BCUT2D eigenvalue weighted by Crippen LogP contribution is -2.02. The van der Waals surface area contributed by atoms with Crippen molar-refractivity contribution in [2.75, 3.05) is 0 Å². The Morgan fingerprint density at radius 1 is 0.274 bits per heavy atom. The largest absolute Gasteiger partial charge is 0.309 e. The minimum absolute atomic E-state index is 0.627. The molecular weight excluding hydrogens is 755 g/mol. The summed E-state index contributed by atoms with van der Waals surface area (Å²) < 4.78 is 4.91. The minimum atomic E-state index is 0.627. The molecule has 0 saturated carbocycles. The lowest BCUT2D eigenvalue weighted by atomic mass is 10.0. The number of rotatable bonds is 5. The van der Waals surface area contributed by atoms with Gasteiger partial charge in [0.15, 0.2) is 17.5 Å². The number of para-hydroxylation sites is 1. The zero-order chi connectivity index (χ0) is 40.7. The van der Waals surface area contributed by atoms with Gasteiger partial charge in [-0.05, 0) is 75.5 Å². The Labute approximate surface area is 356 Å². The first-order valence-corrected chi connectivity index (χ1v) is 21.0. The Balaban J connectivity index is 1.13. The third-order valence-electron chi connectivity index (χ3n) is 12.5. The molecule has 13 rings (SSSR count). The number of hydrogen-bond acceptors (Lipinski definition) is 3. The second-order valence-corrected chi connectivity index (χ2v) is 16.0. The number of fused-ring (bicyclic) bond motifs is 9. The lowest BCUT2D eigenvalue weighted by Gasteiger charge is -2.15. The standard InChI is InChI=1S/C57H35N5/c1-3-17-37(18-4-1)55-58-56(38-19-5-2-6-20-38)60-57(59-55)49-33-42(30-41-23-10-11-25-43(41)49)61-51-28-14-13-27-45(51)47-34-48-46-31-39-21-7-8-22-40(39)32-52(46)62(54(48)35-53(47)61)50-29-15-24-36-16-9-12-26-44(36)50/h1-35H. The maximum absolute atomic E-state index is 5.22. The van der Waals surface area contributed by atoms with E-state index in [4.69, 9.17) is 15.0 Å². The zero-order valence-electron chi connectivity index (χ0n) is 33.4. The molecule has 62 heavy (non-hydrogen) atoms. The van der Waals surface area contributed by atoms with Crippen LogP contribution in [0.5, 0.6) is 0 Å². The van der Waals surface area contributed by atoms with E-state index >= 15 is 0 Å². The van der Waals surface area contributed by atoms with Crippen molar-refractivity contribution >= 4 is 75.9 Å². The van der Waals surface area contributed by atoms with Crippen molar-refractivity contribution in [1.82, 2.24) is 24.1 Å². The molecule has 13 aromatic rings. The summed E-state index contributed by atoms with van der Waals surface area (Å²) in [5, 5.41) is 11.9. The molecule has 0 unspecified atom stereocenters. The second-order valence-electron chi connectivity index (χ2n) is 16.0. The highest BCUT2D eigenvalue weighted by molar-refractivity contribution is 6.21. The molecule has 288 valence electrons. The highest BCUT2D eigenvalue weighted by Gasteiger charge is 2.22. The maximum atomic E-state index is 5.22. The molecule has 0 N–H and O–H groups in total. The van der Waals surface area contributed by atoms with Gasteiger partial charge >= 0.3 is 0 Å². The van der Waals surface area contributed by atoms with Crippen molar-refractivity contribution in [1.29, 1.82) is 0 Å². The number of aromatic nitrogens is 5. The SMILES string of the molecule is c1ccc(-c2nc(-c3ccccc3)nc(-c3cc(-n4c5ccccc5c5cc6c7cc8ccccc8cc7n(-c7cccc8ccccc78)c6cc54)cc4ccccc34)n2)cc1. The van der Waals surface area contributed by atoms with Gasteiger partial charge in [0.2, 0.25) is 0 Å². The van der Waals surface area contributed by atoms with Gasteiger partial charge in [0.25, 0.3) is 0 Å². The summed E-state index contributed by atoms with van der Waals surface area (Å²) in [6.07, 6.45) is 0. The third kappa shape index (κ3) is 5.32. The van der Waals surface area contributed by atoms with Crippen molar-refractivity contribution in [2.24, 2.45) is 0 Å². The fourth-order valence-electron chi connectivity index (χ4n) is 9.64. The van der Waals surface area contributed by atoms with Crippen LogP contribution in [0.15, 0.2) is 212 Å². The highest BCUT2D eigenvalue weighted by atomic mass is 15.0. The van der Waals surface area contributed by atoms with Crippen LogP contribution in [0.2, 0.25) is 0 Å². The van der Waals surface area contributed by atoms with Gasteiger partial charge in [0, 0.05) is 49.3 Å². The fraction of sp³-hybridized carbons (Fsp3) is 0. The van der Waals surface area contributed by atoms with Crippen molar-refractivity contribution in [3.05, 3.63) is 212 Å². The smallest absolute Gasteiger partial charge is 0.164 e. The molecule has 0 amide bonds. The molecule has 0 bridgehead atoms. The quantitative estimate of drug-likeness (QED) is 0.174.